The molecule has 3 atom stereocenters. The van der Waals surface area contributed by atoms with Crippen molar-refractivity contribution in [3.8, 4) is 0 Å². The number of nitrogens with zero attached hydrogens (tertiary/aromatic N) is 4. The molecular weight excluding hydrogens is 394 g/mol. The minimum absolute atomic E-state index is 0.112. The number of amides is 2. The Morgan fingerprint density at radius 2 is 1.90 bits per heavy atom. The Balaban J connectivity index is 1.58. The number of carbonyl (C=O) groups is 2. The zero-order chi connectivity index (χ0) is 22.2. The molecule has 2 fully saturated rings. The van der Waals surface area contributed by atoms with Crippen molar-refractivity contribution < 1.29 is 14.0 Å². The van der Waals surface area contributed by atoms with Crippen molar-refractivity contribution in [2.45, 2.75) is 64.1 Å². The van der Waals surface area contributed by atoms with Gasteiger partial charge >= 0.3 is 0 Å². The number of oxazole rings is 1. The van der Waals surface area contributed by atoms with Crippen LogP contribution in [-0.2, 0) is 9.59 Å². The average Bonchev–Trinajstić information content (AvgIpc) is 3.17. The third-order valence-corrected chi connectivity index (χ3v) is 7.04. The number of nitrogens with two attached hydrogens (primary N) is 1. The largest absolute Gasteiger partial charge is 0.423 e. The Kier molecular flexibility index (Phi) is 5.92. The van der Waals surface area contributed by atoms with Crippen LogP contribution in [0.5, 0.6) is 0 Å². The van der Waals surface area contributed by atoms with E-state index in [1.807, 2.05) is 34.1 Å². The van der Waals surface area contributed by atoms with Gasteiger partial charge in [0.15, 0.2) is 5.58 Å². The number of primary amides is 1. The van der Waals surface area contributed by atoms with Crippen LogP contribution in [0.4, 0.5) is 6.01 Å². The number of piperazine rings is 1. The highest BCUT2D eigenvalue weighted by Gasteiger charge is 2.47. The molecule has 168 valence electrons. The van der Waals surface area contributed by atoms with E-state index in [2.05, 4.69) is 23.7 Å². The molecule has 0 saturated carbocycles. The van der Waals surface area contributed by atoms with Crippen molar-refractivity contribution in [1.82, 2.24) is 14.8 Å². The third-order valence-electron chi connectivity index (χ3n) is 7.04. The molecule has 2 saturated heterocycles. The fourth-order valence-corrected chi connectivity index (χ4v) is 5.30. The molecule has 1 aromatic heterocycles. The van der Waals surface area contributed by atoms with Crippen LogP contribution in [0.2, 0.25) is 0 Å². The fraction of sp³-hybridized carbons (Fsp3) is 0.609. The van der Waals surface area contributed by atoms with Gasteiger partial charge in [-0.2, -0.15) is 4.98 Å². The normalized spacial score (nSPS) is 27.6. The van der Waals surface area contributed by atoms with Crippen molar-refractivity contribution in [1.29, 1.82) is 0 Å². The summed E-state index contributed by atoms with van der Waals surface area (Å²) in [5.74, 6) is -0.210. The van der Waals surface area contributed by atoms with Gasteiger partial charge in [0.1, 0.15) is 11.1 Å². The molecular formula is C23H33N5O3. The smallest absolute Gasteiger partial charge is 0.299 e. The summed E-state index contributed by atoms with van der Waals surface area (Å²) in [5, 5.41) is 0. The molecule has 4 rings (SSSR count). The number of aromatic nitrogens is 1. The SMILES string of the molecule is CC(=O)N1C[C@@H](C)N(CCC2(C(N)=O)CCCCN2c2nc3ccccc3o2)[C@@H](C)C1. The lowest BCUT2D eigenvalue weighted by molar-refractivity contribution is -0.133. The Morgan fingerprint density at radius 1 is 1.19 bits per heavy atom. The predicted molar refractivity (Wildman–Crippen MR) is 120 cm³/mol. The summed E-state index contributed by atoms with van der Waals surface area (Å²) in [4.78, 5) is 35.7. The highest BCUT2D eigenvalue weighted by molar-refractivity contribution is 5.89. The van der Waals surface area contributed by atoms with Gasteiger partial charge in [0.2, 0.25) is 11.8 Å². The molecule has 1 unspecified atom stereocenters. The lowest BCUT2D eigenvalue weighted by Crippen LogP contribution is -2.63. The van der Waals surface area contributed by atoms with Crippen LogP contribution >= 0.6 is 0 Å². The van der Waals surface area contributed by atoms with Gasteiger partial charge in [-0.3, -0.25) is 14.5 Å². The topological polar surface area (TPSA) is 95.9 Å². The number of para-hydroxylation sites is 2. The van der Waals surface area contributed by atoms with Crippen molar-refractivity contribution >= 4 is 28.9 Å². The van der Waals surface area contributed by atoms with Gasteiger partial charge in [-0.15, -0.1) is 0 Å². The van der Waals surface area contributed by atoms with Gasteiger partial charge in [0.05, 0.1) is 0 Å². The Labute approximate surface area is 183 Å². The molecule has 2 amide bonds. The molecule has 0 radical (unpaired) electrons. The molecule has 2 N–H and O–H groups in total. The van der Waals surface area contributed by atoms with E-state index in [1.165, 1.54) is 0 Å². The van der Waals surface area contributed by atoms with Crippen LogP contribution in [0.15, 0.2) is 28.7 Å². The first-order chi connectivity index (χ1) is 14.8. The summed E-state index contributed by atoms with van der Waals surface area (Å²) in [5.41, 5.74) is 6.72. The number of piperidine rings is 1. The van der Waals surface area contributed by atoms with Crippen molar-refractivity contribution in [3.63, 3.8) is 0 Å². The van der Waals surface area contributed by atoms with Gasteiger partial charge in [-0.25, -0.2) is 0 Å². The molecule has 3 heterocycles. The van der Waals surface area contributed by atoms with E-state index in [0.29, 0.717) is 44.1 Å². The van der Waals surface area contributed by atoms with E-state index in [0.717, 1.165) is 24.9 Å². The fourth-order valence-electron chi connectivity index (χ4n) is 5.30. The maximum atomic E-state index is 12.9. The second-order valence-corrected chi connectivity index (χ2v) is 9.08. The second-order valence-electron chi connectivity index (χ2n) is 9.08. The Bertz CT molecular complexity index is 915. The highest BCUT2D eigenvalue weighted by atomic mass is 16.4. The average molecular weight is 428 g/mol. The van der Waals surface area contributed by atoms with Gasteiger partial charge in [-0.1, -0.05) is 12.1 Å². The van der Waals surface area contributed by atoms with Crippen molar-refractivity contribution in [3.05, 3.63) is 24.3 Å². The maximum Gasteiger partial charge on any atom is 0.299 e. The molecule has 2 aromatic rings. The summed E-state index contributed by atoms with van der Waals surface area (Å²) in [6.45, 7) is 8.74. The van der Waals surface area contributed by atoms with Crippen molar-refractivity contribution in [2.75, 3.05) is 31.1 Å². The van der Waals surface area contributed by atoms with E-state index in [4.69, 9.17) is 10.2 Å². The molecule has 2 aliphatic heterocycles. The minimum Gasteiger partial charge on any atom is -0.423 e. The third kappa shape index (κ3) is 4.01. The number of fused-ring (bicyclic) bond motifs is 1. The molecule has 0 bridgehead atoms. The quantitative estimate of drug-likeness (QED) is 0.787. The van der Waals surface area contributed by atoms with Crippen molar-refractivity contribution in [2.24, 2.45) is 5.73 Å². The van der Waals surface area contributed by atoms with Crippen LogP contribution in [0.1, 0.15) is 46.5 Å². The molecule has 8 heteroatoms. The second kappa shape index (κ2) is 8.49. The first kappa shape index (κ1) is 21.6. The van der Waals surface area contributed by atoms with Gasteiger partial charge in [0, 0.05) is 45.2 Å². The monoisotopic (exact) mass is 427 g/mol. The number of hydrogen-bond acceptors (Lipinski definition) is 6. The summed E-state index contributed by atoms with van der Waals surface area (Å²) in [6, 6.07) is 8.56. The standard InChI is InChI=1S/C23H33N5O3/c1-16-14-26(18(3)29)15-17(2)27(16)13-11-23(21(24)30)10-6-7-12-28(23)22-25-19-8-4-5-9-20(19)31-22/h4-5,8-9,16-17H,6-7,10-15H2,1-3H3,(H2,24,30)/t16-,17+,23?. The van der Waals surface area contributed by atoms with E-state index in [9.17, 15) is 9.59 Å². The first-order valence-corrected chi connectivity index (χ1v) is 11.3. The Hall–Kier alpha value is -2.61. The minimum atomic E-state index is -0.823. The summed E-state index contributed by atoms with van der Waals surface area (Å²) in [7, 11) is 0. The molecule has 0 aliphatic carbocycles. The Morgan fingerprint density at radius 3 is 2.55 bits per heavy atom. The number of rotatable bonds is 5. The molecule has 0 spiro atoms. The van der Waals surface area contributed by atoms with Gasteiger partial charge in [-0.05, 0) is 51.7 Å². The van der Waals surface area contributed by atoms with Crippen LogP contribution < -0.4 is 10.6 Å². The van der Waals surface area contributed by atoms with Crippen LogP contribution in [0, 0.1) is 0 Å². The van der Waals surface area contributed by atoms with Crippen LogP contribution in [0.3, 0.4) is 0 Å². The van der Waals surface area contributed by atoms with E-state index in [1.54, 1.807) is 6.92 Å². The number of benzene rings is 1. The van der Waals surface area contributed by atoms with E-state index in [-0.39, 0.29) is 23.9 Å². The molecule has 8 nitrogen and oxygen atoms in total. The first-order valence-electron chi connectivity index (χ1n) is 11.3. The predicted octanol–water partition coefficient (Wildman–Crippen LogP) is 2.37. The lowest BCUT2D eigenvalue weighted by atomic mass is 9.82. The number of carbonyl (C=O) groups excluding carboxylic acids is 2. The maximum absolute atomic E-state index is 12.9. The zero-order valence-corrected chi connectivity index (χ0v) is 18.7. The van der Waals surface area contributed by atoms with E-state index >= 15 is 0 Å². The number of hydrogen-bond donors (Lipinski definition) is 1. The van der Waals surface area contributed by atoms with Crippen LogP contribution in [0.25, 0.3) is 11.1 Å². The van der Waals surface area contributed by atoms with Gasteiger partial charge < -0.3 is 20.0 Å². The van der Waals surface area contributed by atoms with E-state index < -0.39 is 5.54 Å². The summed E-state index contributed by atoms with van der Waals surface area (Å²) >= 11 is 0. The van der Waals surface area contributed by atoms with Gasteiger partial charge in [0.25, 0.3) is 6.01 Å². The zero-order valence-electron chi connectivity index (χ0n) is 18.7. The summed E-state index contributed by atoms with van der Waals surface area (Å²) < 4.78 is 6.04. The molecule has 1 aromatic carbocycles. The van der Waals surface area contributed by atoms with Crippen LogP contribution in [-0.4, -0.2) is 70.4 Å². The highest BCUT2D eigenvalue weighted by Crippen LogP contribution is 2.37. The molecule has 31 heavy (non-hydrogen) atoms. The lowest BCUT2D eigenvalue weighted by Gasteiger charge is -2.48. The molecule has 2 aliphatic rings. The number of anilines is 1. The summed E-state index contributed by atoms with van der Waals surface area (Å²) in [6.07, 6.45) is 3.22.